The van der Waals surface area contributed by atoms with Crippen molar-refractivity contribution in [3.8, 4) is 5.75 Å². The van der Waals surface area contributed by atoms with Crippen LogP contribution >= 0.6 is 11.3 Å². The first-order valence-electron chi connectivity index (χ1n) is 8.59. The number of ether oxygens (including phenoxy) is 2. The molecule has 1 fully saturated rings. The third-order valence-corrected chi connectivity index (χ3v) is 5.27. The first kappa shape index (κ1) is 18.8. The van der Waals surface area contributed by atoms with Gasteiger partial charge in [0.25, 0.3) is 5.91 Å². The summed E-state index contributed by atoms with van der Waals surface area (Å²) in [5.74, 6) is 0.642. The van der Waals surface area contributed by atoms with Crippen LogP contribution in [0.3, 0.4) is 0 Å². The van der Waals surface area contributed by atoms with Crippen LogP contribution in [0, 0.1) is 0 Å². The highest BCUT2D eigenvalue weighted by atomic mass is 32.1. The number of hydrogen-bond donors (Lipinski definition) is 2. The Kier molecular flexibility index (Phi) is 6.56. The van der Waals surface area contributed by atoms with Crippen molar-refractivity contribution < 1.29 is 14.3 Å². The Morgan fingerprint density at radius 1 is 1.38 bits per heavy atom. The molecular formula is C18H24N4O3S. The summed E-state index contributed by atoms with van der Waals surface area (Å²) in [7, 11) is 1.65. The molecule has 1 saturated heterocycles. The SMILES string of the molecule is COc1ccc(C(CNC(=O)c2csc(CN)n2)N2CCOCC2)cc1. The van der Waals surface area contributed by atoms with Gasteiger partial charge in [0.1, 0.15) is 16.5 Å². The normalized spacial score (nSPS) is 16.2. The average Bonchev–Trinajstić information content (AvgIpc) is 3.19. The van der Waals surface area contributed by atoms with Crippen LogP contribution in [0.15, 0.2) is 29.6 Å². The van der Waals surface area contributed by atoms with E-state index in [-0.39, 0.29) is 11.9 Å². The summed E-state index contributed by atoms with van der Waals surface area (Å²) in [6.07, 6.45) is 0. The lowest BCUT2D eigenvalue weighted by Gasteiger charge is -2.35. The number of aromatic nitrogens is 1. The number of nitrogens with two attached hydrogens (primary N) is 1. The maximum absolute atomic E-state index is 12.4. The number of nitrogens with one attached hydrogen (secondary N) is 1. The predicted octanol–water partition coefficient (Wildman–Crippen LogP) is 1.41. The number of amides is 1. The number of nitrogens with zero attached hydrogens (tertiary/aromatic N) is 2. The van der Waals surface area contributed by atoms with E-state index >= 15 is 0 Å². The van der Waals surface area contributed by atoms with Crippen molar-refractivity contribution in [1.29, 1.82) is 0 Å². The molecule has 2 heterocycles. The minimum Gasteiger partial charge on any atom is -0.497 e. The second kappa shape index (κ2) is 9.09. The first-order valence-corrected chi connectivity index (χ1v) is 9.47. The van der Waals surface area contributed by atoms with Crippen LogP contribution in [0.25, 0.3) is 0 Å². The van der Waals surface area contributed by atoms with Gasteiger partial charge in [0, 0.05) is 31.6 Å². The van der Waals surface area contributed by atoms with Crippen molar-refractivity contribution >= 4 is 17.2 Å². The largest absolute Gasteiger partial charge is 0.497 e. The zero-order valence-electron chi connectivity index (χ0n) is 14.8. The number of thiazole rings is 1. The summed E-state index contributed by atoms with van der Waals surface area (Å²) in [6, 6.07) is 8.04. The van der Waals surface area contributed by atoms with Crippen LogP contribution in [0.4, 0.5) is 0 Å². The van der Waals surface area contributed by atoms with Crippen molar-refractivity contribution in [3.63, 3.8) is 0 Å². The Morgan fingerprint density at radius 3 is 2.73 bits per heavy atom. The molecule has 1 atom stereocenters. The maximum Gasteiger partial charge on any atom is 0.270 e. The summed E-state index contributed by atoms with van der Waals surface area (Å²) >= 11 is 1.40. The lowest BCUT2D eigenvalue weighted by Crippen LogP contribution is -2.43. The molecule has 0 saturated carbocycles. The lowest BCUT2D eigenvalue weighted by molar-refractivity contribution is 0.0162. The summed E-state index contributed by atoms with van der Waals surface area (Å²) in [6.45, 7) is 3.92. The molecule has 2 aromatic rings. The molecule has 7 nitrogen and oxygen atoms in total. The number of morpholine rings is 1. The fourth-order valence-corrected chi connectivity index (χ4v) is 3.62. The molecule has 0 bridgehead atoms. The Labute approximate surface area is 157 Å². The van der Waals surface area contributed by atoms with Crippen LogP contribution in [-0.4, -0.2) is 55.7 Å². The zero-order valence-corrected chi connectivity index (χ0v) is 15.6. The summed E-state index contributed by atoms with van der Waals surface area (Å²) in [5, 5.41) is 5.52. The van der Waals surface area contributed by atoms with Crippen molar-refractivity contribution in [3.05, 3.63) is 45.9 Å². The molecule has 3 rings (SSSR count). The van der Waals surface area contributed by atoms with E-state index < -0.39 is 0 Å². The highest BCUT2D eigenvalue weighted by Gasteiger charge is 2.24. The fraction of sp³-hybridized carbons (Fsp3) is 0.444. The molecule has 1 aliphatic heterocycles. The number of rotatable bonds is 7. The lowest BCUT2D eigenvalue weighted by atomic mass is 10.0. The Morgan fingerprint density at radius 2 is 2.12 bits per heavy atom. The van der Waals surface area contributed by atoms with Crippen LogP contribution in [0.2, 0.25) is 0 Å². The zero-order chi connectivity index (χ0) is 18.4. The molecule has 0 aliphatic carbocycles. The quantitative estimate of drug-likeness (QED) is 0.760. The minimum absolute atomic E-state index is 0.0707. The topological polar surface area (TPSA) is 89.7 Å². The third-order valence-electron chi connectivity index (χ3n) is 4.40. The molecular weight excluding hydrogens is 352 g/mol. The van der Waals surface area contributed by atoms with Gasteiger partial charge in [-0.25, -0.2) is 4.98 Å². The van der Waals surface area contributed by atoms with Gasteiger partial charge >= 0.3 is 0 Å². The van der Waals surface area contributed by atoms with E-state index in [1.54, 1.807) is 12.5 Å². The van der Waals surface area contributed by atoms with E-state index in [1.165, 1.54) is 11.3 Å². The highest BCUT2D eigenvalue weighted by molar-refractivity contribution is 7.09. The van der Waals surface area contributed by atoms with Gasteiger partial charge in [-0.15, -0.1) is 11.3 Å². The first-order chi connectivity index (χ1) is 12.7. The maximum atomic E-state index is 12.4. The number of benzene rings is 1. The van der Waals surface area contributed by atoms with Crippen LogP contribution < -0.4 is 15.8 Å². The van der Waals surface area contributed by atoms with Crippen molar-refractivity contribution in [1.82, 2.24) is 15.2 Å². The summed E-state index contributed by atoms with van der Waals surface area (Å²) in [4.78, 5) is 19.0. The van der Waals surface area contributed by atoms with Gasteiger partial charge in [-0.05, 0) is 17.7 Å². The van der Waals surface area contributed by atoms with Crippen molar-refractivity contribution in [2.75, 3.05) is 40.0 Å². The van der Waals surface area contributed by atoms with E-state index in [0.29, 0.717) is 32.0 Å². The van der Waals surface area contributed by atoms with E-state index in [1.807, 2.05) is 24.3 Å². The predicted molar refractivity (Wildman–Crippen MR) is 100 cm³/mol. The molecule has 140 valence electrons. The molecule has 1 aromatic carbocycles. The van der Waals surface area contributed by atoms with Crippen LogP contribution in [-0.2, 0) is 11.3 Å². The molecule has 1 aromatic heterocycles. The Balaban J connectivity index is 1.71. The van der Waals surface area contributed by atoms with Crippen molar-refractivity contribution in [2.45, 2.75) is 12.6 Å². The molecule has 0 radical (unpaired) electrons. The standard InChI is InChI=1S/C18H24N4O3S/c1-24-14-4-2-13(3-5-14)16(22-6-8-25-9-7-22)11-20-18(23)15-12-26-17(10-19)21-15/h2-5,12,16H,6-11,19H2,1H3,(H,20,23). The summed E-state index contributed by atoms with van der Waals surface area (Å²) < 4.78 is 10.7. The van der Waals surface area contributed by atoms with E-state index in [2.05, 4.69) is 15.2 Å². The molecule has 8 heteroatoms. The van der Waals surface area contributed by atoms with Gasteiger partial charge < -0.3 is 20.5 Å². The van der Waals surface area contributed by atoms with Gasteiger partial charge in [0.15, 0.2) is 0 Å². The van der Waals surface area contributed by atoms with E-state index in [0.717, 1.165) is 29.4 Å². The van der Waals surface area contributed by atoms with E-state index in [4.69, 9.17) is 15.2 Å². The van der Waals surface area contributed by atoms with E-state index in [9.17, 15) is 4.79 Å². The number of hydrogen-bond acceptors (Lipinski definition) is 7. The number of carbonyl (C=O) groups is 1. The monoisotopic (exact) mass is 376 g/mol. The minimum atomic E-state index is -0.173. The van der Waals surface area contributed by atoms with Crippen LogP contribution in [0.5, 0.6) is 5.75 Å². The van der Waals surface area contributed by atoms with Crippen molar-refractivity contribution in [2.24, 2.45) is 5.73 Å². The molecule has 1 unspecified atom stereocenters. The number of methoxy groups -OCH3 is 1. The Hall–Kier alpha value is -2.00. The number of carbonyl (C=O) groups excluding carboxylic acids is 1. The van der Waals surface area contributed by atoms with Gasteiger partial charge in [-0.2, -0.15) is 0 Å². The average molecular weight is 376 g/mol. The molecule has 1 aliphatic rings. The van der Waals surface area contributed by atoms with Gasteiger partial charge in [-0.3, -0.25) is 9.69 Å². The van der Waals surface area contributed by atoms with Crippen LogP contribution in [0.1, 0.15) is 27.1 Å². The molecule has 26 heavy (non-hydrogen) atoms. The second-order valence-electron chi connectivity index (χ2n) is 5.98. The summed E-state index contributed by atoms with van der Waals surface area (Å²) in [5.41, 5.74) is 7.13. The molecule has 1 amide bonds. The van der Waals surface area contributed by atoms with Gasteiger partial charge in [-0.1, -0.05) is 12.1 Å². The Bertz CT molecular complexity index is 713. The van der Waals surface area contributed by atoms with Gasteiger partial charge in [0.05, 0.1) is 26.4 Å². The third kappa shape index (κ3) is 4.59. The fourth-order valence-electron chi connectivity index (χ4n) is 2.96. The molecule has 3 N–H and O–H groups in total. The smallest absolute Gasteiger partial charge is 0.270 e. The highest BCUT2D eigenvalue weighted by Crippen LogP contribution is 2.24. The molecule has 0 spiro atoms. The second-order valence-corrected chi connectivity index (χ2v) is 6.92. The van der Waals surface area contributed by atoms with Gasteiger partial charge in [0.2, 0.25) is 0 Å².